The summed E-state index contributed by atoms with van der Waals surface area (Å²) in [6.45, 7) is 9.16. The van der Waals surface area contributed by atoms with Gasteiger partial charge in [0.2, 0.25) is 0 Å². The number of hydrogen-bond acceptors (Lipinski definition) is 5. The lowest BCUT2D eigenvalue weighted by Crippen LogP contribution is -2.33. The van der Waals surface area contributed by atoms with Gasteiger partial charge in [-0.05, 0) is 69.4 Å². The topological polar surface area (TPSA) is 69.0 Å². The molecule has 0 saturated carbocycles. The minimum Gasteiger partial charge on any atom is -0.366 e. The summed E-state index contributed by atoms with van der Waals surface area (Å²) in [6.07, 6.45) is 16.1. The smallest absolute Gasteiger partial charge is 0.274 e. The Morgan fingerprint density at radius 3 is 2.77 bits per heavy atom. The average molecular weight is 491 g/mol. The third-order valence-corrected chi connectivity index (χ3v) is 7.26. The van der Waals surface area contributed by atoms with E-state index in [1.165, 1.54) is 16.9 Å². The molecule has 4 rings (SSSR count). The summed E-state index contributed by atoms with van der Waals surface area (Å²) < 4.78 is 8.46. The van der Waals surface area contributed by atoms with E-state index in [0.717, 1.165) is 25.1 Å². The van der Waals surface area contributed by atoms with Crippen LogP contribution in [0, 0.1) is 11.8 Å². The number of carbonyl (C=O) groups is 1. The number of amides is 1. The molecule has 0 spiro atoms. The zero-order valence-electron chi connectivity index (χ0n) is 20.8. The molecule has 0 bridgehead atoms. The van der Waals surface area contributed by atoms with Crippen LogP contribution in [0.3, 0.4) is 0 Å². The number of aryl methyl sites for hydroxylation is 2. The summed E-state index contributed by atoms with van der Waals surface area (Å²) in [5.41, 5.74) is 2.13. The summed E-state index contributed by atoms with van der Waals surface area (Å²) in [5, 5.41) is 5.52. The molecule has 0 fully saturated rings. The highest BCUT2D eigenvalue weighted by Crippen LogP contribution is 2.33. The number of hydrogen-bond donors (Lipinski definition) is 1. The Balaban J connectivity index is 1.34. The van der Waals surface area contributed by atoms with Gasteiger partial charge in [-0.2, -0.15) is 0 Å². The number of carbonyl (C=O) groups excluding carboxylic acids is 1. The molecule has 3 aromatic heterocycles. The van der Waals surface area contributed by atoms with Gasteiger partial charge in [-0.1, -0.05) is 31.2 Å². The highest BCUT2D eigenvalue weighted by Gasteiger charge is 2.31. The first-order valence-electron chi connectivity index (χ1n) is 12.2. The van der Waals surface area contributed by atoms with E-state index in [1.807, 2.05) is 66.7 Å². The van der Waals surface area contributed by atoms with Crippen molar-refractivity contribution >= 4 is 22.4 Å². The van der Waals surface area contributed by atoms with Gasteiger partial charge in [-0.25, -0.2) is 4.98 Å². The van der Waals surface area contributed by atoms with Crippen LogP contribution in [0.2, 0.25) is 0 Å². The maximum absolute atomic E-state index is 13.0. The van der Waals surface area contributed by atoms with E-state index >= 15 is 0 Å². The zero-order valence-corrected chi connectivity index (χ0v) is 21.7. The number of ether oxygens (including phenoxy) is 1. The molecule has 0 aliphatic heterocycles. The number of anilines is 1. The summed E-state index contributed by atoms with van der Waals surface area (Å²) >= 11 is 1.42. The second-order valence-electron chi connectivity index (χ2n) is 9.58. The summed E-state index contributed by atoms with van der Waals surface area (Å²) in [7, 11) is 0. The van der Waals surface area contributed by atoms with Crippen molar-refractivity contribution in [2.75, 3.05) is 5.32 Å². The number of thiazole rings is 1. The van der Waals surface area contributed by atoms with Gasteiger partial charge >= 0.3 is 0 Å². The van der Waals surface area contributed by atoms with Gasteiger partial charge in [0.15, 0.2) is 5.13 Å². The molecular formula is C28H34N4O2S. The molecule has 7 heteroatoms. The molecule has 35 heavy (non-hydrogen) atoms. The van der Waals surface area contributed by atoms with Gasteiger partial charge in [0.25, 0.3) is 5.91 Å². The largest absolute Gasteiger partial charge is 0.366 e. The lowest BCUT2D eigenvalue weighted by atomic mass is 9.86. The van der Waals surface area contributed by atoms with Crippen LogP contribution in [0.25, 0.3) is 0 Å². The Morgan fingerprint density at radius 1 is 1.23 bits per heavy atom. The fraction of sp³-hybridized carbons (Fsp3) is 0.393. The highest BCUT2D eigenvalue weighted by molar-refractivity contribution is 7.14. The van der Waals surface area contributed by atoms with Crippen molar-refractivity contribution < 1.29 is 9.53 Å². The first kappa shape index (κ1) is 25.1. The van der Waals surface area contributed by atoms with Crippen molar-refractivity contribution in [1.82, 2.24) is 14.5 Å². The van der Waals surface area contributed by atoms with Crippen molar-refractivity contribution in [3.05, 3.63) is 89.5 Å². The van der Waals surface area contributed by atoms with Gasteiger partial charge in [-0.15, -0.1) is 11.3 Å². The molecule has 3 atom stereocenters. The molecule has 0 radical (unpaired) electrons. The van der Waals surface area contributed by atoms with Crippen molar-refractivity contribution in [3.63, 3.8) is 0 Å². The molecule has 0 aromatic carbocycles. The molecule has 3 unspecified atom stereocenters. The molecule has 0 saturated heterocycles. The first-order chi connectivity index (χ1) is 16.8. The second kappa shape index (κ2) is 11.1. The molecule has 3 heterocycles. The predicted molar refractivity (Wildman–Crippen MR) is 142 cm³/mol. The number of nitrogens with zero attached hydrogens (tertiary/aromatic N) is 3. The van der Waals surface area contributed by atoms with E-state index < -0.39 is 5.60 Å². The van der Waals surface area contributed by atoms with Gasteiger partial charge in [0, 0.05) is 36.4 Å². The van der Waals surface area contributed by atoms with E-state index in [9.17, 15) is 4.79 Å². The molecule has 1 amide bonds. The van der Waals surface area contributed by atoms with Crippen LogP contribution in [-0.2, 0) is 23.3 Å². The van der Waals surface area contributed by atoms with Crippen LogP contribution in [0.1, 0.15) is 55.9 Å². The van der Waals surface area contributed by atoms with Gasteiger partial charge < -0.3 is 9.30 Å². The molecule has 1 aliphatic rings. The summed E-state index contributed by atoms with van der Waals surface area (Å²) in [6, 6.07) is 7.80. The highest BCUT2D eigenvalue weighted by atomic mass is 32.1. The van der Waals surface area contributed by atoms with Crippen molar-refractivity contribution in [3.8, 4) is 0 Å². The number of aromatic nitrogens is 3. The molecule has 1 aliphatic carbocycles. The van der Waals surface area contributed by atoms with E-state index in [0.29, 0.717) is 22.7 Å². The maximum atomic E-state index is 13.0. The third kappa shape index (κ3) is 6.35. The normalized spacial score (nSPS) is 18.5. The Hall–Kier alpha value is -3.03. The fourth-order valence-electron chi connectivity index (χ4n) is 4.51. The van der Waals surface area contributed by atoms with Crippen LogP contribution in [0.5, 0.6) is 0 Å². The van der Waals surface area contributed by atoms with Gasteiger partial charge in [-0.3, -0.25) is 15.1 Å². The number of rotatable bonds is 10. The molecule has 184 valence electrons. The lowest BCUT2D eigenvalue weighted by Gasteiger charge is -2.33. The monoisotopic (exact) mass is 490 g/mol. The average Bonchev–Trinajstić information content (AvgIpc) is 3.50. The minimum absolute atomic E-state index is 0.0383. The molecule has 3 aromatic rings. The van der Waals surface area contributed by atoms with Crippen LogP contribution in [0.15, 0.2) is 72.5 Å². The Kier molecular flexibility index (Phi) is 7.98. The first-order valence-corrected chi connectivity index (χ1v) is 13.1. The molecular weight excluding hydrogens is 456 g/mol. The van der Waals surface area contributed by atoms with E-state index in [2.05, 4.69) is 48.5 Å². The van der Waals surface area contributed by atoms with Crippen LogP contribution in [0.4, 0.5) is 5.13 Å². The molecule has 6 nitrogen and oxygen atoms in total. The predicted octanol–water partition coefficient (Wildman–Crippen LogP) is 6.24. The maximum Gasteiger partial charge on any atom is 0.274 e. The third-order valence-electron chi connectivity index (χ3n) is 6.51. The summed E-state index contributed by atoms with van der Waals surface area (Å²) in [4.78, 5) is 21.7. The second-order valence-corrected chi connectivity index (χ2v) is 10.4. The van der Waals surface area contributed by atoms with Crippen molar-refractivity contribution in [2.24, 2.45) is 11.8 Å². The Morgan fingerprint density at radius 2 is 2.00 bits per heavy atom. The Labute approximate surface area is 211 Å². The fourth-order valence-corrected chi connectivity index (χ4v) is 5.37. The van der Waals surface area contributed by atoms with Crippen molar-refractivity contribution in [1.29, 1.82) is 0 Å². The summed E-state index contributed by atoms with van der Waals surface area (Å²) in [5.74, 6) is 0.598. The van der Waals surface area contributed by atoms with E-state index in [-0.39, 0.29) is 12.0 Å². The van der Waals surface area contributed by atoms with Crippen LogP contribution >= 0.6 is 11.3 Å². The van der Waals surface area contributed by atoms with Gasteiger partial charge in [0.05, 0.1) is 11.8 Å². The standard InChI is InChI=1S/C28H34N4O2S/c1-20-9-5-6-11-23(20)21(2)34-28(3,4)25-19-35-27(30-25)31-26(33)24-12-8-18-32(24)17-7-10-22-13-15-29-16-14-22/h5-6,8-9,11-16,18-21,23H,7,10,17H2,1-4H3,(H,30,31,33). The number of pyridine rings is 1. The minimum atomic E-state index is -0.569. The quantitative estimate of drug-likeness (QED) is 0.365. The van der Waals surface area contributed by atoms with Crippen molar-refractivity contribution in [2.45, 2.75) is 58.8 Å². The van der Waals surface area contributed by atoms with Gasteiger partial charge in [0.1, 0.15) is 11.3 Å². The number of nitrogens with one attached hydrogen (secondary N) is 1. The SMILES string of the molecule is CC1C=CC=CC1C(C)OC(C)(C)c1csc(NC(=O)c2cccn2CCCc2ccncc2)n1. The van der Waals surface area contributed by atoms with E-state index in [1.54, 1.807) is 0 Å². The number of allylic oxidation sites excluding steroid dienone is 3. The van der Waals surface area contributed by atoms with Crippen LogP contribution < -0.4 is 5.32 Å². The van der Waals surface area contributed by atoms with E-state index in [4.69, 9.17) is 9.72 Å². The zero-order chi connectivity index (χ0) is 24.8. The Bertz CT molecular complexity index is 1180. The lowest BCUT2D eigenvalue weighted by molar-refractivity contribution is -0.0908. The molecule has 1 N–H and O–H groups in total. The van der Waals surface area contributed by atoms with Crippen LogP contribution in [-0.4, -0.2) is 26.5 Å².